The van der Waals surface area contributed by atoms with Crippen molar-refractivity contribution in [3.63, 3.8) is 0 Å². The van der Waals surface area contributed by atoms with E-state index in [0.717, 1.165) is 38.5 Å². The van der Waals surface area contributed by atoms with Gasteiger partial charge in [0, 0.05) is 12.5 Å². The number of aliphatic carboxylic acids is 1. The average Bonchev–Trinajstić information content (AvgIpc) is 2.81. The highest BCUT2D eigenvalue weighted by molar-refractivity contribution is 5.78. The number of carboxylic acid groups (broad SMARTS) is 1. The molecular weight excluding hydrogens is 242 g/mol. The normalized spacial score (nSPS) is 23.2. The molecule has 108 valence electrons. The van der Waals surface area contributed by atoms with E-state index in [9.17, 15) is 9.59 Å². The second-order valence-corrected chi connectivity index (χ2v) is 6.36. The zero-order valence-corrected chi connectivity index (χ0v) is 11.6. The first-order valence-corrected chi connectivity index (χ1v) is 7.61. The van der Waals surface area contributed by atoms with Crippen molar-refractivity contribution in [1.82, 2.24) is 5.32 Å². The molecular formula is C15H25NO3. The molecule has 0 saturated heterocycles. The predicted molar refractivity (Wildman–Crippen MR) is 72.8 cm³/mol. The maximum atomic E-state index is 12.1. The Morgan fingerprint density at radius 1 is 1.00 bits per heavy atom. The van der Waals surface area contributed by atoms with Crippen LogP contribution >= 0.6 is 0 Å². The molecule has 0 aromatic heterocycles. The molecule has 4 heteroatoms. The third-order valence-corrected chi connectivity index (χ3v) is 4.70. The van der Waals surface area contributed by atoms with Crippen molar-refractivity contribution < 1.29 is 14.7 Å². The molecule has 1 amide bonds. The van der Waals surface area contributed by atoms with Crippen molar-refractivity contribution in [1.29, 1.82) is 0 Å². The van der Waals surface area contributed by atoms with Crippen molar-refractivity contribution in [3.05, 3.63) is 0 Å². The molecule has 0 aromatic carbocycles. The van der Waals surface area contributed by atoms with Gasteiger partial charge in [-0.15, -0.1) is 0 Å². The van der Waals surface area contributed by atoms with E-state index in [1.807, 2.05) is 0 Å². The summed E-state index contributed by atoms with van der Waals surface area (Å²) in [4.78, 5) is 23.2. The summed E-state index contributed by atoms with van der Waals surface area (Å²) < 4.78 is 0. The smallest absolute Gasteiger partial charge is 0.303 e. The zero-order valence-electron chi connectivity index (χ0n) is 11.6. The van der Waals surface area contributed by atoms with Gasteiger partial charge in [0.05, 0.1) is 6.42 Å². The minimum Gasteiger partial charge on any atom is -0.481 e. The fourth-order valence-electron chi connectivity index (χ4n) is 3.73. The van der Waals surface area contributed by atoms with E-state index in [1.165, 1.54) is 19.3 Å². The Balaban J connectivity index is 1.90. The van der Waals surface area contributed by atoms with E-state index in [-0.39, 0.29) is 17.7 Å². The number of hydrogen-bond donors (Lipinski definition) is 2. The van der Waals surface area contributed by atoms with Crippen molar-refractivity contribution in [2.45, 2.75) is 76.7 Å². The zero-order chi connectivity index (χ0) is 13.7. The second-order valence-electron chi connectivity index (χ2n) is 6.36. The average molecular weight is 267 g/mol. The van der Waals surface area contributed by atoms with Crippen LogP contribution in [0.25, 0.3) is 0 Å². The Morgan fingerprint density at radius 2 is 1.63 bits per heavy atom. The number of amides is 1. The second kappa shape index (κ2) is 6.40. The number of rotatable bonds is 5. The molecule has 0 unspecified atom stereocenters. The van der Waals surface area contributed by atoms with E-state index < -0.39 is 5.97 Å². The summed E-state index contributed by atoms with van der Waals surface area (Å²) >= 11 is 0. The maximum Gasteiger partial charge on any atom is 0.303 e. The summed E-state index contributed by atoms with van der Waals surface area (Å²) in [5, 5.41) is 12.2. The summed E-state index contributed by atoms with van der Waals surface area (Å²) in [5.74, 6) is -0.703. The van der Waals surface area contributed by atoms with E-state index in [0.29, 0.717) is 12.5 Å². The first-order chi connectivity index (χ1) is 9.10. The molecule has 0 radical (unpaired) electrons. The first kappa shape index (κ1) is 14.4. The Morgan fingerprint density at radius 3 is 2.21 bits per heavy atom. The third kappa shape index (κ3) is 4.22. The van der Waals surface area contributed by atoms with E-state index >= 15 is 0 Å². The van der Waals surface area contributed by atoms with Gasteiger partial charge >= 0.3 is 5.97 Å². The summed E-state index contributed by atoms with van der Waals surface area (Å²) in [6.45, 7) is 0. The van der Waals surface area contributed by atoms with Crippen LogP contribution in [0, 0.1) is 5.41 Å². The monoisotopic (exact) mass is 267 g/mol. The van der Waals surface area contributed by atoms with Gasteiger partial charge in [-0.05, 0) is 31.1 Å². The first-order valence-electron chi connectivity index (χ1n) is 7.61. The highest BCUT2D eigenvalue weighted by Gasteiger charge is 2.36. The molecule has 4 nitrogen and oxygen atoms in total. The Bertz CT molecular complexity index is 328. The summed E-state index contributed by atoms with van der Waals surface area (Å²) in [5.41, 5.74) is -0.285. The van der Waals surface area contributed by atoms with Crippen LogP contribution in [0.4, 0.5) is 0 Å². The van der Waals surface area contributed by atoms with Gasteiger partial charge in [-0.3, -0.25) is 9.59 Å². The standard InChI is InChI=1S/C15H25NO3/c17-13(16-12-6-2-3-7-12)10-15(11-14(18)19)8-4-1-5-9-15/h12H,1-11H2,(H,16,17)(H,18,19). The quantitative estimate of drug-likeness (QED) is 0.805. The van der Waals surface area contributed by atoms with Crippen LogP contribution in [-0.4, -0.2) is 23.0 Å². The SMILES string of the molecule is O=C(O)CC1(CC(=O)NC2CCCC2)CCCCC1. The summed E-state index contributed by atoms with van der Waals surface area (Å²) in [6.07, 6.45) is 10.2. The predicted octanol–water partition coefficient (Wildman–Crippen LogP) is 2.86. The largest absolute Gasteiger partial charge is 0.481 e. The highest BCUT2D eigenvalue weighted by atomic mass is 16.4. The molecule has 2 fully saturated rings. The van der Waals surface area contributed by atoms with Gasteiger partial charge in [-0.1, -0.05) is 32.1 Å². The van der Waals surface area contributed by atoms with Crippen LogP contribution in [0.15, 0.2) is 0 Å². The molecule has 0 atom stereocenters. The van der Waals surface area contributed by atoms with E-state index in [4.69, 9.17) is 5.11 Å². The molecule has 0 heterocycles. The van der Waals surface area contributed by atoms with Crippen LogP contribution < -0.4 is 5.32 Å². The van der Waals surface area contributed by atoms with Crippen LogP contribution in [0.2, 0.25) is 0 Å². The van der Waals surface area contributed by atoms with Gasteiger partial charge in [0.2, 0.25) is 5.91 Å². The number of nitrogens with one attached hydrogen (secondary N) is 1. The van der Waals surface area contributed by atoms with Crippen molar-refractivity contribution in [2.75, 3.05) is 0 Å². The van der Waals surface area contributed by atoms with Gasteiger partial charge in [-0.2, -0.15) is 0 Å². The van der Waals surface area contributed by atoms with Crippen LogP contribution in [0.3, 0.4) is 0 Å². The Labute approximate surface area is 115 Å². The fraction of sp³-hybridized carbons (Fsp3) is 0.867. The lowest BCUT2D eigenvalue weighted by atomic mass is 9.69. The lowest BCUT2D eigenvalue weighted by Crippen LogP contribution is -2.38. The molecule has 19 heavy (non-hydrogen) atoms. The van der Waals surface area contributed by atoms with Gasteiger partial charge in [0.15, 0.2) is 0 Å². The molecule has 2 saturated carbocycles. The topological polar surface area (TPSA) is 66.4 Å². The molecule has 2 aliphatic carbocycles. The molecule has 2 N–H and O–H groups in total. The lowest BCUT2D eigenvalue weighted by Gasteiger charge is -2.35. The van der Waals surface area contributed by atoms with Crippen molar-refractivity contribution in [2.24, 2.45) is 5.41 Å². The molecule has 0 aromatic rings. The minimum absolute atomic E-state index is 0.0649. The van der Waals surface area contributed by atoms with Gasteiger partial charge < -0.3 is 10.4 Å². The molecule has 0 aliphatic heterocycles. The minimum atomic E-state index is -0.768. The molecule has 2 rings (SSSR count). The molecule has 2 aliphatic rings. The van der Waals surface area contributed by atoms with Gasteiger partial charge in [0.1, 0.15) is 0 Å². The number of carbonyl (C=O) groups is 2. The van der Waals surface area contributed by atoms with Crippen molar-refractivity contribution in [3.8, 4) is 0 Å². The third-order valence-electron chi connectivity index (χ3n) is 4.70. The van der Waals surface area contributed by atoms with E-state index in [1.54, 1.807) is 0 Å². The fourth-order valence-corrected chi connectivity index (χ4v) is 3.73. The van der Waals surface area contributed by atoms with Crippen LogP contribution in [0.5, 0.6) is 0 Å². The van der Waals surface area contributed by atoms with E-state index in [2.05, 4.69) is 5.32 Å². The summed E-state index contributed by atoms with van der Waals surface area (Å²) in [6, 6.07) is 0.331. The van der Waals surface area contributed by atoms with Gasteiger partial charge in [0.25, 0.3) is 0 Å². The number of carbonyl (C=O) groups excluding carboxylic acids is 1. The Kier molecular flexibility index (Phi) is 4.83. The molecule has 0 bridgehead atoms. The number of hydrogen-bond acceptors (Lipinski definition) is 2. The van der Waals surface area contributed by atoms with Crippen LogP contribution in [-0.2, 0) is 9.59 Å². The highest BCUT2D eigenvalue weighted by Crippen LogP contribution is 2.42. The summed E-state index contributed by atoms with van der Waals surface area (Å²) in [7, 11) is 0. The lowest BCUT2D eigenvalue weighted by molar-refractivity contribution is -0.141. The van der Waals surface area contributed by atoms with Crippen LogP contribution in [0.1, 0.15) is 70.6 Å². The van der Waals surface area contributed by atoms with Gasteiger partial charge in [-0.25, -0.2) is 0 Å². The van der Waals surface area contributed by atoms with Crippen molar-refractivity contribution >= 4 is 11.9 Å². The molecule has 0 spiro atoms. The Hall–Kier alpha value is -1.06. The number of carboxylic acids is 1. The maximum absolute atomic E-state index is 12.1.